The van der Waals surface area contributed by atoms with E-state index in [0.29, 0.717) is 40.9 Å². The maximum Gasteiger partial charge on any atom is 0.321 e. The number of ether oxygens (including phenoxy) is 1. The van der Waals surface area contributed by atoms with Gasteiger partial charge in [-0.05, 0) is 76.5 Å². The monoisotopic (exact) mass is 650 g/mol. The first-order chi connectivity index (χ1) is 22.8. The van der Waals surface area contributed by atoms with Gasteiger partial charge in [-0.15, -0.1) is 11.3 Å². The van der Waals surface area contributed by atoms with E-state index in [1.807, 2.05) is 0 Å². The van der Waals surface area contributed by atoms with Crippen LogP contribution in [0.25, 0.3) is 11.6 Å². The van der Waals surface area contributed by atoms with Crippen LogP contribution in [0.15, 0.2) is 28.8 Å². The molecule has 0 spiro atoms. The molecule has 9 rings (SSSR count). The Morgan fingerprint density at radius 3 is 2.89 bits per heavy atom. The molecule has 0 unspecified atom stereocenters. The molecule has 4 aromatic rings. The number of fused-ring (bicyclic) bond motifs is 6. The fraction of sp³-hybridized carbons (Fsp3) is 0.529. The Bertz CT molecular complexity index is 1940. The fourth-order valence-corrected chi connectivity index (χ4v) is 10.2. The van der Waals surface area contributed by atoms with Gasteiger partial charge in [0.2, 0.25) is 23.5 Å². The van der Waals surface area contributed by atoms with E-state index in [9.17, 15) is 5.26 Å². The first-order valence-electron chi connectivity index (χ1n) is 16.7. The number of thiophene rings is 1. The average molecular weight is 651 g/mol. The molecule has 13 heteroatoms. The molecular weight excluding hydrogens is 613 g/mol. The summed E-state index contributed by atoms with van der Waals surface area (Å²) in [5, 5.41) is 18.7. The van der Waals surface area contributed by atoms with Gasteiger partial charge < -0.3 is 25.2 Å². The van der Waals surface area contributed by atoms with Crippen LogP contribution >= 0.6 is 11.3 Å². The molecule has 0 saturated carbocycles. The second kappa shape index (κ2) is 10.4. The molecule has 0 radical (unpaired) electrons. The molecule has 2 bridgehead atoms. The molecule has 1 aliphatic carbocycles. The Labute approximate surface area is 277 Å². The van der Waals surface area contributed by atoms with E-state index >= 15 is 0 Å². The maximum absolute atomic E-state index is 9.97. The number of hydrogen-bond acceptors (Lipinski definition) is 13. The van der Waals surface area contributed by atoms with Gasteiger partial charge in [-0.1, -0.05) is 29.4 Å². The summed E-state index contributed by atoms with van der Waals surface area (Å²) in [6.07, 6.45) is 6.97. The zero-order chi connectivity index (χ0) is 32.0. The van der Waals surface area contributed by atoms with Crippen molar-refractivity contribution in [3.05, 3.63) is 57.3 Å². The van der Waals surface area contributed by atoms with E-state index < -0.39 is 5.41 Å². The number of anilines is 2. The maximum atomic E-state index is 9.97. The summed E-state index contributed by atoms with van der Waals surface area (Å²) in [7, 11) is 0. The number of aryl methyl sites for hydroxylation is 1. The van der Waals surface area contributed by atoms with Gasteiger partial charge in [0.15, 0.2) is 0 Å². The summed E-state index contributed by atoms with van der Waals surface area (Å²) >= 11 is 1.49. The lowest BCUT2D eigenvalue weighted by atomic mass is 9.72. The van der Waals surface area contributed by atoms with Gasteiger partial charge in [-0.25, -0.2) is 0 Å². The van der Waals surface area contributed by atoms with Crippen LogP contribution in [0.3, 0.4) is 0 Å². The normalized spacial score (nSPS) is 29.4. The van der Waals surface area contributed by atoms with Crippen molar-refractivity contribution in [3.8, 4) is 23.7 Å². The molecule has 4 atom stereocenters. The summed E-state index contributed by atoms with van der Waals surface area (Å²) in [6.45, 7) is 8.34. The number of piperazine rings is 1. The van der Waals surface area contributed by atoms with Gasteiger partial charge in [-0.2, -0.15) is 25.2 Å². The third kappa shape index (κ3) is 4.48. The van der Waals surface area contributed by atoms with E-state index in [1.165, 1.54) is 22.5 Å². The molecule has 7 heterocycles. The highest BCUT2D eigenvalue weighted by Gasteiger charge is 2.49. The number of aromatic nitrogens is 5. The van der Waals surface area contributed by atoms with Gasteiger partial charge >= 0.3 is 6.01 Å². The summed E-state index contributed by atoms with van der Waals surface area (Å²) in [4.78, 5) is 25.4. The molecule has 1 aromatic carbocycles. The molecule has 0 amide bonds. The van der Waals surface area contributed by atoms with E-state index in [-0.39, 0.29) is 22.9 Å². The zero-order valence-corrected chi connectivity index (χ0v) is 27.6. The Morgan fingerprint density at radius 2 is 2.02 bits per heavy atom. The van der Waals surface area contributed by atoms with Crippen molar-refractivity contribution in [3.63, 3.8) is 0 Å². The third-order valence-corrected chi connectivity index (χ3v) is 12.3. The number of nitrogens with one attached hydrogen (secondary N) is 1. The van der Waals surface area contributed by atoms with E-state index in [2.05, 4.69) is 64.5 Å². The predicted octanol–water partition coefficient (Wildman–Crippen LogP) is 4.29. The van der Waals surface area contributed by atoms with Crippen molar-refractivity contribution in [2.24, 2.45) is 0 Å². The molecule has 242 valence electrons. The smallest absolute Gasteiger partial charge is 0.321 e. The number of nitrogens with two attached hydrogens (primary N) is 1. The van der Waals surface area contributed by atoms with E-state index in [4.69, 9.17) is 34.9 Å². The number of nitrogens with zero attached hydrogens (tertiary/aromatic N) is 8. The lowest BCUT2D eigenvalue weighted by Gasteiger charge is -2.39. The number of benzene rings is 1. The number of rotatable bonds is 6. The Morgan fingerprint density at radius 1 is 1.13 bits per heavy atom. The van der Waals surface area contributed by atoms with Crippen molar-refractivity contribution < 1.29 is 9.26 Å². The fourth-order valence-electron chi connectivity index (χ4n) is 9.01. The topological polar surface area (TPSA) is 155 Å². The van der Waals surface area contributed by atoms with Crippen LogP contribution in [0, 0.1) is 11.3 Å². The van der Waals surface area contributed by atoms with E-state index in [1.54, 1.807) is 0 Å². The lowest BCUT2D eigenvalue weighted by molar-refractivity contribution is 0.0824. The molecular formula is C34H38N10O2S. The van der Waals surface area contributed by atoms with Crippen LogP contribution in [0.2, 0.25) is 0 Å². The Hall–Kier alpha value is -4.12. The molecule has 3 aromatic heterocycles. The molecule has 47 heavy (non-hydrogen) atoms. The number of nitrogen functional groups attached to an aromatic ring is 1. The van der Waals surface area contributed by atoms with Crippen LogP contribution < -0.4 is 20.7 Å². The van der Waals surface area contributed by atoms with Crippen molar-refractivity contribution in [2.45, 2.75) is 87.9 Å². The van der Waals surface area contributed by atoms with Crippen LogP contribution in [0.4, 0.5) is 10.9 Å². The van der Waals surface area contributed by atoms with Crippen LogP contribution in [0.5, 0.6) is 6.01 Å². The molecule has 3 saturated heterocycles. The first kappa shape index (κ1) is 29.1. The largest absolute Gasteiger partial charge is 0.461 e. The Kier molecular flexibility index (Phi) is 6.45. The van der Waals surface area contributed by atoms with Crippen molar-refractivity contribution >= 4 is 22.3 Å². The van der Waals surface area contributed by atoms with Gasteiger partial charge in [0.05, 0.1) is 16.5 Å². The molecule has 12 nitrogen and oxygen atoms in total. The summed E-state index contributed by atoms with van der Waals surface area (Å²) in [6, 6.07) is 11.7. The summed E-state index contributed by atoms with van der Waals surface area (Å²) in [5.74, 6) is 1.59. The quantitative estimate of drug-likeness (QED) is 0.306. The number of hydrogen-bond donors (Lipinski definition) is 2. The Balaban J connectivity index is 1.09. The van der Waals surface area contributed by atoms with E-state index in [0.717, 1.165) is 81.6 Å². The average Bonchev–Trinajstić information content (AvgIpc) is 3.88. The first-order valence-corrected chi connectivity index (χ1v) is 17.5. The van der Waals surface area contributed by atoms with Gasteiger partial charge in [0.1, 0.15) is 17.7 Å². The predicted molar refractivity (Wildman–Crippen MR) is 176 cm³/mol. The second-order valence-electron chi connectivity index (χ2n) is 14.4. The van der Waals surface area contributed by atoms with Crippen LogP contribution in [-0.2, 0) is 23.9 Å². The zero-order valence-electron chi connectivity index (χ0n) is 26.8. The summed E-state index contributed by atoms with van der Waals surface area (Å²) < 4.78 is 12.6. The molecule has 5 aliphatic rings. The van der Waals surface area contributed by atoms with Crippen LogP contribution in [0.1, 0.15) is 85.4 Å². The minimum Gasteiger partial charge on any atom is -0.461 e. The minimum atomic E-state index is -0.638. The molecule has 3 fully saturated rings. The van der Waals surface area contributed by atoms with Crippen molar-refractivity contribution in [1.29, 1.82) is 5.26 Å². The molecule has 4 aliphatic heterocycles. The van der Waals surface area contributed by atoms with Crippen molar-refractivity contribution in [1.82, 2.24) is 35.3 Å². The number of nitriles is 1. The highest BCUT2D eigenvalue weighted by molar-refractivity contribution is 7.16. The van der Waals surface area contributed by atoms with Gasteiger partial charge in [0.25, 0.3) is 0 Å². The minimum absolute atomic E-state index is 0.00101. The second-order valence-corrected chi connectivity index (χ2v) is 15.6. The standard InChI is InChI=1S/C34H38N10O2S/c1-32-13-10-21(41-32)17-43(18-32)30-38-27(28-37-29(46-42-28)33(2)11-5-9-24-25(33)22(15-35)26(36)47-24)39-31(40-30)45-19-34-12-6-14-44(34)16-20-7-3-4-8-23(20)34/h3-4,7-8,21,41H,5-6,9-14,16-19,36H2,1-2H3/t21-,32+,33-,34+/m0/s1. The summed E-state index contributed by atoms with van der Waals surface area (Å²) in [5.41, 5.74) is 9.57. The van der Waals surface area contributed by atoms with Gasteiger partial charge in [-0.3, -0.25) is 4.90 Å². The third-order valence-electron chi connectivity index (χ3n) is 11.3. The molecule has 3 N–H and O–H groups in total. The highest BCUT2D eigenvalue weighted by atomic mass is 32.1. The van der Waals surface area contributed by atoms with Crippen molar-refractivity contribution in [2.75, 3.05) is 36.9 Å². The SMILES string of the molecule is C[C@@]12CC[C@@H](CN(c3nc(OC[C@@]45CCCN4Cc4ccccc45)nc(-c4noc([C@@]5(C)CCCc6sc(N)c(C#N)c65)n4)n3)C1)N2. The highest BCUT2D eigenvalue weighted by Crippen LogP contribution is 2.49. The van der Waals surface area contributed by atoms with Crippen LogP contribution in [-0.4, -0.2) is 67.8 Å². The lowest BCUT2D eigenvalue weighted by Crippen LogP contribution is -2.58. The van der Waals surface area contributed by atoms with Gasteiger partial charge in [0, 0.05) is 41.7 Å².